The summed E-state index contributed by atoms with van der Waals surface area (Å²) in [5.41, 5.74) is -1.50. The van der Waals surface area contributed by atoms with E-state index in [0.717, 1.165) is 24.3 Å². The molecule has 0 amide bonds. The molecule has 5 aromatic carbocycles. The molecule has 0 fully saturated rings. The highest BCUT2D eigenvalue weighted by Crippen LogP contribution is 2.58. The highest BCUT2D eigenvalue weighted by atomic mass is 19.1. The van der Waals surface area contributed by atoms with Crippen LogP contribution in [-0.2, 0) is 30.2 Å². The Morgan fingerprint density at radius 3 is 1.56 bits per heavy atom. The van der Waals surface area contributed by atoms with Gasteiger partial charge in [-0.1, -0.05) is 6.07 Å². The number of rotatable bonds is 13. The SMILES string of the molecule is COc1cc(COc2cc3c(cc2F)C2(OCc4cc(C(=O)O)ccc42)c2cc(F)c(OCc4cc(OC)c(OC)cc4[N+](=O)[O-])cc2O3)c([N+](=O)[O-])cc1OC. The van der Waals surface area contributed by atoms with Crippen LogP contribution in [0.1, 0.15) is 43.7 Å². The number of hydrogen-bond acceptors (Lipinski definition) is 13. The normalized spacial score (nSPS) is 13.1. The summed E-state index contributed by atoms with van der Waals surface area (Å²) in [7, 11) is 5.32. The highest BCUT2D eigenvalue weighted by Gasteiger charge is 2.51. The minimum Gasteiger partial charge on any atom is -0.493 e. The Morgan fingerprint density at radius 1 is 0.684 bits per heavy atom. The molecule has 0 bridgehead atoms. The van der Waals surface area contributed by atoms with Crippen molar-refractivity contribution in [3.8, 4) is 46.0 Å². The summed E-state index contributed by atoms with van der Waals surface area (Å²) in [6.07, 6.45) is 0. The number of hydrogen-bond donors (Lipinski definition) is 1. The maximum atomic E-state index is 16.1. The number of aromatic carboxylic acids is 1. The van der Waals surface area contributed by atoms with Crippen LogP contribution in [0.2, 0.25) is 0 Å². The molecule has 0 radical (unpaired) electrons. The van der Waals surface area contributed by atoms with Crippen molar-refractivity contribution in [1.29, 1.82) is 0 Å². The lowest BCUT2D eigenvalue weighted by atomic mass is 9.77. The first-order valence-electron chi connectivity index (χ1n) is 16.7. The molecule has 1 N–H and O–H groups in total. The van der Waals surface area contributed by atoms with Crippen LogP contribution < -0.4 is 33.2 Å². The molecule has 294 valence electrons. The van der Waals surface area contributed by atoms with Crippen molar-refractivity contribution in [2.24, 2.45) is 0 Å². The zero-order chi connectivity index (χ0) is 40.8. The molecule has 16 nitrogen and oxygen atoms in total. The number of fused-ring (bicyclic) bond motifs is 6. The number of ether oxygens (including phenoxy) is 8. The van der Waals surface area contributed by atoms with E-state index in [1.165, 1.54) is 70.9 Å². The van der Waals surface area contributed by atoms with Crippen molar-refractivity contribution in [3.05, 3.63) is 138 Å². The van der Waals surface area contributed by atoms with Gasteiger partial charge in [-0.2, -0.15) is 0 Å². The molecule has 2 aliphatic rings. The summed E-state index contributed by atoms with van der Waals surface area (Å²) in [6.45, 7) is -1.13. The predicted octanol–water partition coefficient (Wildman–Crippen LogP) is 7.60. The van der Waals surface area contributed by atoms with E-state index < -0.39 is 46.3 Å². The predicted molar refractivity (Wildman–Crippen MR) is 192 cm³/mol. The molecule has 2 heterocycles. The van der Waals surface area contributed by atoms with E-state index in [1.807, 2.05) is 0 Å². The highest BCUT2D eigenvalue weighted by molar-refractivity contribution is 5.88. The standard InChI is InChI=1S/C39H30F2N2O14/c1-50-34-8-21(28(42(46)47)12-36(34)52-3)16-54-32-14-30-24(10-26(32)40)39(23-6-5-19(38(44)45)7-20(23)18-56-39)25-11-27(41)33(15-31(25)57-30)55-17-22-9-35(51-2)37(53-4)13-29(22)43(48)49/h5-15H,16-18H2,1-4H3,(H,44,45). The number of carboxylic acids is 1. The summed E-state index contributed by atoms with van der Waals surface area (Å²) >= 11 is 0. The van der Waals surface area contributed by atoms with Gasteiger partial charge in [-0.25, -0.2) is 13.6 Å². The van der Waals surface area contributed by atoms with Crippen molar-refractivity contribution in [1.82, 2.24) is 0 Å². The van der Waals surface area contributed by atoms with Gasteiger partial charge in [0.15, 0.2) is 51.7 Å². The fourth-order valence-corrected chi connectivity index (χ4v) is 6.88. The van der Waals surface area contributed by atoms with Gasteiger partial charge in [0, 0.05) is 23.3 Å². The molecule has 0 atom stereocenters. The van der Waals surface area contributed by atoms with Gasteiger partial charge >= 0.3 is 5.97 Å². The van der Waals surface area contributed by atoms with Gasteiger partial charge in [-0.3, -0.25) is 20.2 Å². The summed E-state index contributed by atoms with van der Waals surface area (Å²) < 4.78 is 77.3. The number of benzene rings is 5. The molecular formula is C39H30F2N2O14. The van der Waals surface area contributed by atoms with Crippen LogP contribution in [0.4, 0.5) is 20.2 Å². The van der Waals surface area contributed by atoms with Crippen LogP contribution in [0, 0.1) is 31.9 Å². The Hall–Kier alpha value is -7.21. The molecule has 0 aromatic heterocycles. The topological polar surface area (TPSA) is 197 Å². The summed E-state index contributed by atoms with van der Waals surface area (Å²) in [4.78, 5) is 34.3. The Labute approximate surface area is 320 Å². The zero-order valence-corrected chi connectivity index (χ0v) is 30.4. The summed E-state index contributed by atoms with van der Waals surface area (Å²) in [5, 5.41) is 33.4. The van der Waals surface area contributed by atoms with E-state index in [4.69, 9.17) is 37.9 Å². The van der Waals surface area contributed by atoms with E-state index in [1.54, 1.807) is 0 Å². The third kappa shape index (κ3) is 6.54. The summed E-state index contributed by atoms with van der Waals surface area (Å²) in [5.74, 6) is -3.33. The van der Waals surface area contributed by atoms with Crippen LogP contribution in [0.15, 0.2) is 66.7 Å². The second-order valence-electron chi connectivity index (χ2n) is 12.6. The molecule has 57 heavy (non-hydrogen) atoms. The van der Waals surface area contributed by atoms with E-state index in [0.29, 0.717) is 11.1 Å². The van der Waals surface area contributed by atoms with Gasteiger partial charge in [-0.15, -0.1) is 0 Å². The lowest BCUT2D eigenvalue weighted by molar-refractivity contribution is -0.386. The first kappa shape index (κ1) is 38.1. The maximum Gasteiger partial charge on any atom is 0.335 e. The smallest absolute Gasteiger partial charge is 0.335 e. The van der Waals surface area contributed by atoms with Crippen LogP contribution in [0.5, 0.6) is 46.0 Å². The molecule has 0 aliphatic carbocycles. The third-order valence-electron chi connectivity index (χ3n) is 9.55. The van der Waals surface area contributed by atoms with Crippen molar-refractivity contribution < 1.29 is 66.4 Å². The van der Waals surface area contributed by atoms with Gasteiger partial charge in [0.25, 0.3) is 11.4 Å². The molecule has 18 heteroatoms. The van der Waals surface area contributed by atoms with Crippen molar-refractivity contribution >= 4 is 17.3 Å². The Bertz CT molecular complexity index is 2360. The number of carboxylic acid groups (broad SMARTS) is 1. The molecule has 0 saturated carbocycles. The third-order valence-corrected chi connectivity index (χ3v) is 9.55. The quantitative estimate of drug-likeness (QED) is 0.0904. The minimum atomic E-state index is -1.74. The van der Waals surface area contributed by atoms with E-state index >= 15 is 8.78 Å². The average molecular weight is 789 g/mol. The number of halogens is 2. The number of nitrogens with zero attached hydrogens (tertiary/aromatic N) is 2. The van der Waals surface area contributed by atoms with Crippen LogP contribution in [0.25, 0.3) is 0 Å². The van der Waals surface area contributed by atoms with Gasteiger partial charge < -0.3 is 43.0 Å². The maximum absolute atomic E-state index is 16.1. The molecular weight excluding hydrogens is 758 g/mol. The van der Waals surface area contributed by atoms with E-state index in [-0.39, 0.29) is 91.8 Å². The van der Waals surface area contributed by atoms with E-state index in [2.05, 4.69) is 0 Å². The van der Waals surface area contributed by atoms with Gasteiger partial charge in [0.1, 0.15) is 24.7 Å². The number of nitro groups is 2. The monoisotopic (exact) mass is 788 g/mol. The molecule has 5 aromatic rings. The van der Waals surface area contributed by atoms with Crippen LogP contribution >= 0.6 is 0 Å². The number of nitro benzene ring substituents is 2. The first-order valence-corrected chi connectivity index (χ1v) is 16.7. The zero-order valence-electron chi connectivity index (χ0n) is 30.4. The molecule has 7 rings (SSSR count). The molecule has 2 aliphatic heterocycles. The van der Waals surface area contributed by atoms with Gasteiger partial charge in [0.05, 0.1) is 73.7 Å². The van der Waals surface area contributed by atoms with Gasteiger partial charge in [-0.05, 0) is 47.5 Å². The lowest BCUT2D eigenvalue weighted by Crippen LogP contribution is -2.32. The Balaban J connectivity index is 1.31. The fourth-order valence-electron chi connectivity index (χ4n) is 6.88. The summed E-state index contributed by atoms with van der Waals surface area (Å²) in [6, 6.07) is 13.7. The number of methoxy groups -OCH3 is 4. The second-order valence-corrected chi connectivity index (χ2v) is 12.6. The van der Waals surface area contributed by atoms with E-state index in [9.17, 15) is 30.1 Å². The van der Waals surface area contributed by atoms with Crippen molar-refractivity contribution in [3.63, 3.8) is 0 Å². The minimum absolute atomic E-state index is 0.0241. The Morgan fingerprint density at radius 2 is 1.14 bits per heavy atom. The van der Waals surface area contributed by atoms with Crippen LogP contribution in [-0.4, -0.2) is 49.4 Å². The average Bonchev–Trinajstić information content (AvgIpc) is 3.58. The van der Waals surface area contributed by atoms with Crippen molar-refractivity contribution in [2.75, 3.05) is 28.4 Å². The number of carbonyl (C=O) groups is 1. The molecule has 0 unspecified atom stereocenters. The van der Waals surface area contributed by atoms with Crippen LogP contribution in [0.3, 0.4) is 0 Å². The second kappa shape index (κ2) is 14.8. The largest absolute Gasteiger partial charge is 0.493 e. The lowest BCUT2D eigenvalue weighted by Gasteiger charge is -2.37. The van der Waals surface area contributed by atoms with Gasteiger partial charge in [0.2, 0.25) is 0 Å². The Kier molecular flexibility index (Phi) is 9.88. The van der Waals surface area contributed by atoms with Crippen molar-refractivity contribution in [2.45, 2.75) is 25.4 Å². The fraction of sp³-hybridized carbons (Fsp3) is 0.205. The molecule has 1 spiro atoms. The molecule has 0 saturated heterocycles. The first-order chi connectivity index (χ1) is 27.3.